The molecule has 1 aliphatic carbocycles. The first kappa shape index (κ1) is 9.30. The molecule has 2 heteroatoms. The lowest BCUT2D eigenvalue weighted by Gasteiger charge is -2.28. The van der Waals surface area contributed by atoms with E-state index in [2.05, 4.69) is 13.5 Å². The molecule has 0 aromatic rings. The Morgan fingerprint density at radius 3 is 2.58 bits per heavy atom. The van der Waals surface area contributed by atoms with Gasteiger partial charge in [0, 0.05) is 0 Å². The van der Waals surface area contributed by atoms with Crippen LogP contribution in [0.3, 0.4) is 0 Å². The highest BCUT2D eigenvalue weighted by molar-refractivity contribution is 5.84. The summed E-state index contributed by atoms with van der Waals surface area (Å²) in [7, 11) is 0. The Hall–Kier alpha value is -0.790. The summed E-state index contributed by atoms with van der Waals surface area (Å²) in [4.78, 5) is 0. The highest BCUT2D eigenvalue weighted by atomic mass is 16.5. The number of ether oxygens (including phenoxy) is 1. The van der Waals surface area contributed by atoms with Gasteiger partial charge in [-0.2, -0.15) is 0 Å². The Morgan fingerprint density at radius 1 is 1.58 bits per heavy atom. The average Bonchev–Trinajstić information content (AvgIpc) is 2.54. The molecular weight excluding hydrogens is 150 g/mol. The van der Waals surface area contributed by atoms with Crippen LogP contribution in [-0.4, -0.2) is 11.5 Å². The second-order valence-electron chi connectivity index (χ2n) is 3.41. The van der Waals surface area contributed by atoms with Crippen LogP contribution in [0.4, 0.5) is 0 Å². The van der Waals surface area contributed by atoms with Gasteiger partial charge in [0.1, 0.15) is 5.60 Å². The first-order valence-electron chi connectivity index (χ1n) is 4.62. The zero-order valence-corrected chi connectivity index (χ0v) is 7.73. The van der Waals surface area contributed by atoms with Gasteiger partial charge < -0.3 is 4.74 Å². The van der Waals surface area contributed by atoms with Crippen LogP contribution in [0.5, 0.6) is 0 Å². The van der Waals surface area contributed by atoms with Crippen molar-refractivity contribution in [3.63, 3.8) is 0 Å². The van der Waals surface area contributed by atoms with Gasteiger partial charge in [-0.25, -0.2) is 0 Å². The smallest absolute Gasteiger partial charge is 0.205 e. The molecule has 0 amide bonds. The van der Waals surface area contributed by atoms with Gasteiger partial charge in [-0.1, -0.05) is 13.5 Å². The Morgan fingerprint density at radius 2 is 2.17 bits per heavy atom. The minimum Gasteiger partial charge on any atom is -0.471 e. The molecule has 1 saturated carbocycles. The Balaban J connectivity index is 2.54. The molecule has 0 atom stereocenters. The molecule has 0 aliphatic heterocycles. The molecule has 0 heterocycles. The largest absolute Gasteiger partial charge is 0.471 e. The average molecular weight is 167 g/mol. The predicted octanol–water partition coefficient (Wildman–Crippen LogP) is 2.89. The maximum atomic E-state index is 7.39. The molecule has 0 bridgehead atoms. The van der Waals surface area contributed by atoms with Gasteiger partial charge in [0.25, 0.3) is 0 Å². The van der Waals surface area contributed by atoms with E-state index in [1.165, 1.54) is 18.9 Å². The second kappa shape index (κ2) is 3.74. The first-order valence-corrected chi connectivity index (χ1v) is 4.62. The van der Waals surface area contributed by atoms with Gasteiger partial charge in [-0.3, -0.25) is 5.41 Å². The van der Waals surface area contributed by atoms with E-state index in [-0.39, 0.29) is 11.5 Å². The minimum atomic E-state index is -0.0364. The van der Waals surface area contributed by atoms with Gasteiger partial charge in [0.2, 0.25) is 5.90 Å². The molecule has 1 aliphatic rings. The van der Waals surface area contributed by atoms with Gasteiger partial charge in [-0.15, -0.1) is 0 Å². The summed E-state index contributed by atoms with van der Waals surface area (Å²) in [6.07, 6.45) is 7.13. The van der Waals surface area contributed by atoms with Crippen molar-refractivity contribution >= 4 is 5.90 Å². The summed E-state index contributed by atoms with van der Waals surface area (Å²) < 4.78 is 5.56. The van der Waals surface area contributed by atoms with Gasteiger partial charge >= 0.3 is 0 Å². The van der Waals surface area contributed by atoms with Crippen molar-refractivity contribution in [2.45, 2.75) is 44.6 Å². The summed E-state index contributed by atoms with van der Waals surface area (Å²) in [6, 6.07) is 0. The predicted molar refractivity (Wildman–Crippen MR) is 50.5 cm³/mol. The van der Waals surface area contributed by atoms with Crippen molar-refractivity contribution in [2.24, 2.45) is 0 Å². The summed E-state index contributed by atoms with van der Waals surface area (Å²) in [5.74, 6) is 0.221. The summed E-state index contributed by atoms with van der Waals surface area (Å²) in [5.41, 5.74) is -0.0364. The van der Waals surface area contributed by atoms with Crippen molar-refractivity contribution in [3.8, 4) is 0 Å². The van der Waals surface area contributed by atoms with Crippen molar-refractivity contribution in [1.29, 1.82) is 5.41 Å². The topological polar surface area (TPSA) is 33.1 Å². The van der Waals surface area contributed by atoms with E-state index in [1.54, 1.807) is 0 Å². The van der Waals surface area contributed by atoms with Crippen LogP contribution in [0.1, 0.15) is 39.0 Å². The monoisotopic (exact) mass is 167 g/mol. The SMILES string of the molecule is C=CC(=N)OC1(CC)CCCC1. The van der Waals surface area contributed by atoms with Crippen LogP contribution in [0.2, 0.25) is 0 Å². The fourth-order valence-electron chi connectivity index (χ4n) is 1.82. The third-order valence-electron chi connectivity index (χ3n) is 2.67. The lowest BCUT2D eigenvalue weighted by Crippen LogP contribution is -2.30. The zero-order valence-electron chi connectivity index (χ0n) is 7.73. The number of hydrogen-bond donors (Lipinski definition) is 1. The molecule has 0 spiro atoms. The molecule has 2 nitrogen and oxygen atoms in total. The van der Waals surface area contributed by atoms with Crippen molar-refractivity contribution in [3.05, 3.63) is 12.7 Å². The van der Waals surface area contributed by atoms with E-state index in [9.17, 15) is 0 Å². The number of hydrogen-bond acceptors (Lipinski definition) is 2. The maximum Gasteiger partial charge on any atom is 0.205 e. The van der Waals surface area contributed by atoms with Crippen LogP contribution in [0.25, 0.3) is 0 Å². The van der Waals surface area contributed by atoms with Gasteiger partial charge in [0.15, 0.2) is 0 Å². The highest BCUT2D eigenvalue weighted by Crippen LogP contribution is 2.35. The van der Waals surface area contributed by atoms with E-state index in [1.807, 2.05) is 0 Å². The molecule has 1 rings (SSSR count). The van der Waals surface area contributed by atoms with Crippen molar-refractivity contribution in [1.82, 2.24) is 0 Å². The standard InChI is InChI=1S/C10H17NO/c1-3-9(11)12-10(4-2)7-5-6-8-10/h3,11H,1,4-8H2,2H3. The molecule has 0 radical (unpaired) electrons. The molecule has 0 aromatic heterocycles. The fourth-order valence-corrected chi connectivity index (χ4v) is 1.82. The third kappa shape index (κ3) is 1.87. The van der Waals surface area contributed by atoms with Gasteiger partial charge in [0.05, 0.1) is 0 Å². The molecule has 0 aromatic carbocycles. The van der Waals surface area contributed by atoms with E-state index in [4.69, 9.17) is 10.1 Å². The van der Waals surface area contributed by atoms with Crippen LogP contribution < -0.4 is 0 Å². The number of nitrogens with one attached hydrogen (secondary N) is 1. The van der Waals surface area contributed by atoms with Crippen LogP contribution in [0, 0.1) is 5.41 Å². The molecule has 0 saturated heterocycles. The summed E-state index contributed by atoms with van der Waals surface area (Å²) in [6.45, 7) is 5.65. The van der Waals surface area contributed by atoms with Crippen LogP contribution >= 0.6 is 0 Å². The first-order chi connectivity index (χ1) is 5.72. The van der Waals surface area contributed by atoms with E-state index in [0.717, 1.165) is 19.3 Å². The minimum absolute atomic E-state index is 0.0364. The molecule has 12 heavy (non-hydrogen) atoms. The zero-order chi connectivity index (χ0) is 9.03. The van der Waals surface area contributed by atoms with Crippen LogP contribution in [0.15, 0.2) is 12.7 Å². The molecule has 1 fully saturated rings. The summed E-state index contributed by atoms with van der Waals surface area (Å²) in [5, 5.41) is 7.39. The van der Waals surface area contributed by atoms with Crippen molar-refractivity contribution in [2.75, 3.05) is 0 Å². The Kier molecular flexibility index (Phi) is 2.90. The van der Waals surface area contributed by atoms with Crippen LogP contribution in [-0.2, 0) is 4.74 Å². The second-order valence-corrected chi connectivity index (χ2v) is 3.41. The lowest BCUT2D eigenvalue weighted by atomic mass is 9.99. The lowest BCUT2D eigenvalue weighted by molar-refractivity contribution is 0.0591. The fraction of sp³-hybridized carbons (Fsp3) is 0.700. The molecule has 1 N–H and O–H groups in total. The maximum absolute atomic E-state index is 7.39. The molecule has 68 valence electrons. The van der Waals surface area contributed by atoms with Crippen molar-refractivity contribution < 1.29 is 4.74 Å². The molecule has 0 unspecified atom stereocenters. The number of rotatable bonds is 3. The Bertz CT molecular complexity index is 180. The highest BCUT2D eigenvalue weighted by Gasteiger charge is 2.34. The quantitative estimate of drug-likeness (QED) is 0.509. The van der Waals surface area contributed by atoms with Gasteiger partial charge in [-0.05, 0) is 38.2 Å². The normalized spacial score (nSPS) is 20.4. The van der Waals surface area contributed by atoms with E-state index < -0.39 is 0 Å². The summed E-state index contributed by atoms with van der Waals surface area (Å²) >= 11 is 0. The molecular formula is C10H17NO. The van der Waals surface area contributed by atoms with E-state index in [0.29, 0.717) is 0 Å². The third-order valence-corrected chi connectivity index (χ3v) is 2.67. The Labute approximate surface area is 74.1 Å². The van der Waals surface area contributed by atoms with E-state index >= 15 is 0 Å².